The molecular formula is C15H17Cl2NO2. The maximum atomic E-state index is 12.0. The van der Waals surface area contributed by atoms with Gasteiger partial charge >= 0.3 is 5.97 Å². The van der Waals surface area contributed by atoms with E-state index >= 15 is 0 Å². The van der Waals surface area contributed by atoms with Crippen molar-refractivity contribution in [1.82, 2.24) is 4.98 Å². The van der Waals surface area contributed by atoms with E-state index in [1.807, 2.05) is 32.0 Å². The Bertz CT molecular complexity index is 510. The smallest absolute Gasteiger partial charge is 0.310 e. The average Bonchev–Trinajstić information content (AvgIpc) is 2.91. The number of pyridine rings is 1. The van der Waals surface area contributed by atoms with Gasteiger partial charge in [0.1, 0.15) is 4.49 Å². The highest BCUT2D eigenvalue weighted by Gasteiger charge is 2.61. The highest BCUT2D eigenvalue weighted by molar-refractivity contribution is 6.55. The zero-order chi connectivity index (χ0) is 14.8. The van der Waals surface area contributed by atoms with Crippen molar-refractivity contribution in [2.24, 2.45) is 17.3 Å². The van der Waals surface area contributed by atoms with Crippen LogP contribution < -0.4 is 0 Å². The molecule has 3 nitrogen and oxygen atoms in total. The number of rotatable bonds is 5. The standard InChI is InChI=1S/C15H17Cl2NO2/c1-15(2)11(9-12(16)17)13(15)14(19)20-8-6-10-5-3-4-7-18-10/h3-5,7,9,11,13H,6,8H2,1-2H3. The Labute approximate surface area is 128 Å². The second kappa shape index (κ2) is 6.15. The predicted molar refractivity (Wildman–Crippen MR) is 79.5 cm³/mol. The van der Waals surface area contributed by atoms with Gasteiger partial charge in [-0.25, -0.2) is 0 Å². The van der Waals surface area contributed by atoms with Crippen LogP contribution in [0.15, 0.2) is 35.0 Å². The maximum Gasteiger partial charge on any atom is 0.310 e. The number of carbonyl (C=O) groups is 1. The summed E-state index contributed by atoms with van der Waals surface area (Å²) in [6, 6.07) is 5.68. The Kier molecular flexibility index (Phi) is 4.71. The van der Waals surface area contributed by atoms with Crippen molar-refractivity contribution in [3.05, 3.63) is 40.7 Å². The van der Waals surface area contributed by atoms with Gasteiger partial charge in [-0.1, -0.05) is 43.1 Å². The van der Waals surface area contributed by atoms with Gasteiger partial charge in [-0.2, -0.15) is 0 Å². The molecule has 0 aliphatic heterocycles. The lowest BCUT2D eigenvalue weighted by Gasteiger charge is -2.05. The van der Waals surface area contributed by atoms with E-state index in [1.54, 1.807) is 12.3 Å². The van der Waals surface area contributed by atoms with Gasteiger partial charge in [-0.15, -0.1) is 0 Å². The van der Waals surface area contributed by atoms with E-state index in [1.165, 1.54) is 0 Å². The molecule has 1 saturated carbocycles. The lowest BCUT2D eigenvalue weighted by molar-refractivity contribution is -0.146. The van der Waals surface area contributed by atoms with E-state index in [0.29, 0.717) is 13.0 Å². The fraction of sp³-hybridized carbons (Fsp3) is 0.467. The van der Waals surface area contributed by atoms with Crippen LogP contribution in [-0.2, 0) is 16.0 Å². The molecule has 1 aromatic heterocycles. The Morgan fingerprint density at radius 3 is 2.80 bits per heavy atom. The summed E-state index contributed by atoms with van der Waals surface area (Å²) in [6.45, 7) is 4.36. The number of ether oxygens (including phenoxy) is 1. The molecule has 0 radical (unpaired) electrons. The van der Waals surface area contributed by atoms with E-state index in [0.717, 1.165) is 5.69 Å². The summed E-state index contributed by atoms with van der Waals surface area (Å²) in [4.78, 5) is 16.2. The summed E-state index contributed by atoms with van der Waals surface area (Å²) in [6.07, 6.45) is 4.06. The third-order valence-corrected chi connectivity index (χ3v) is 4.05. The third kappa shape index (κ3) is 3.53. The van der Waals surface area contributed by atoms with Crippen LogP contribution in [-0.4, -0.2) is 17.6 Å². The number of nitrogens with zero attached hydrogens (tertiary/aromatic N) is 1. The molecular weight excluding hydrogens is 297 g/mol. The van der Waals surface area contributed by atoms with Crippen LogP contribution in [0.4, 0.5) is 0 Å². The molecule has 1 fully saturated rings. The molecule has 1 aromatic rings. The van der Waals surface area contributed by atoms with Crippen LogP contribution in [0.3, 0.4) is 0 Å². The van der Waals surface area contributed by atoms with E-state index in [-0.39, 0.29) is 27.7 Å². The van der Waals surface area contributed by atoms with E-state index in [2.05, 4.69) is 4.98 Å². The fourth-order valence-electron chi connectivity index (χ4n) is 2.47. The van der Waals surface area contributed by atoms with E-state index < -0.39 is 0 Å². The van der Waals surface area contributed by atoms with Crippen molar-refractivity contribution < 1.29 is 9.53 Å². The van der Waals surface area contributed by atoms with Crippen molar-refractivity contribution in [2.75, 3.05) is 6.61 Å². The monoisotopic (exact) mass is 313 g/mol. The van der Waals surface area contributed by atoms with Gasteiger partial charge in [-0.05, 0) is 29.5 Å². The SMILES string of the molecule is CC1(C)C(C=C(Cl)Cl)C1C(=O)OCCc1ccccn1. The van der Waals surface area contributed by atoms with Gasteiger partial charge in [0.05, 0.1) is 12.5 Å². The summed E-state index contributed by atoms with van der Waals surface area (Å²) in [7, 11) is 0. The molecule has 0 bridgehead atoms. The zero-order valence-corrected chi connectivity index (χ0v) is 13.0. The molecule has 0 saturated heterocycles. The maximum absolute atomic E-state index is 12.0. The first-order chi connectivity index (χ1) is 9.43. The van der Waals surface area contributed by atoms with Crippen LogP contribution >= 0.6 is 23.2 Å². The minimum atomic E-state index is -0.193. The molecule has 0 amide bonds. The molecule has 2 atom stereocenters. The molecule has 5 heteroatoms. The van der Waals surface area contributed by atoms with Crippen LogP contribution in [0, 0.1) is 17.3 Å². The molecule has 0 aromatic carbocycles. The van der Waals surface area contributed by atoms with Gasteiger partial charge in [-0.3, -0.25) is 9.78 Å². The van der Waals surface area contributed by atoms with Crippen LogP contribution in [0.1, 0.15) is 19.5 Å². The molecule has 1 heterocycles. The minimum absolute atomic E-state index is 0.0508. The quantitative estimate of drug-likeness (QED) is 0.777. The van der Waals surface area contributed by atoms with Gasteiger partial charge in [0.25, 0.3) is 0 Å². The normalized spacial score (nSPS) is 23.0. The molecule has 0 spiro atoms. The van der Waals surface area contributed by atoms with Crippen molar-refractivity contribution in [1.29, 1.82) is 0 Å². The highest BCUT2D eigenvalue weighted by Crippen LogP contribution is 2.60. The number of hydrogen-bond donors (Lipinski definition) is 0. The largest absolute Gasteiger partial charge is 0.465 e. The summed E-state index contributed by atoms with van der Waals surface area (Å²) in [5, 5.41) is 0. The number of hydrogen-bond acceptors (Lipinski definition) is 3. The number of carbonyl (C=O) groups excluding carboxylic acids is 1. The topological polar surface area (TPSA) is 39.2 Å². The fourth-order valence-corrected chi connectivity index (χ4v) is 2.74. The van der Waals surface area contributed by atoms with E-state index in [4.69, 9.17) is 27.9 Å². The second-order valence-corrected chi connectivity index (χ2v) is 6.53. The molecule has 1 aliphatic carbocycles. The van der Waals surface area contributed by atoms with Crippen LogP contribution in [0.25, 0.3) is 0 Å². The van der Waals surface area contributed by atoms with Crippen LogP contribution in [0.2, 0.25) is 0 Å². The molecule has 2 rings (SSSR count). The van der Waals surface area contributed by atoms with Gasteiger partial charge in [0, 0.05) is 18.3 Å². The first kappa shape index (κ1) is 15.3. The first-order valence-electron chi connectivity index (χ1n) is 6.52. The Morgan fingerprint density at radius 2 is 2.20 bits per heavy atom. The summed E-state index contributed by atoms with van der Waals surface area (Å²) in [5.74, 6) is -0.310. The van der Waals surface area contributed by atoms with Crippen molar-refractivity contribution in [3.63, 3.8) is 0 Å². The zero-order valence-electron chi connectivity index (χ0n) is 11.5. The number of esters is 1. The first-order valence-corrected chi connectivity index (χ1v) is 7.28. The average molecular weight is 314 g/mol. The Balaban J connectivity index is 1.83. The summed E-state index contributed by atoms with van der Waals surface area (Å²) >= 11 is 11.3. The minimum Gasteiger partial charge on any atom is -0.465 e. The second-order valence-electron chi connectivity index (χ2n) is 5.52. The Morgan fingerprint density at radius 1 is 1.45 bits per heavy atom. The third-order valence-electron chi connectivity index (χ3n) is 3.80. The number of aromatic nitrogens is 1. The van der Waals surface area contributed by atoms with Gasteiger partial charge < -0.3 is 4.74 Å². The predicted octanol–water partition coefficient (Wildman–Crippen LogP) is 3.76. The lowest BCUT2D eigenvalue weighted by Crippen LogP contribution is -2.13. The Hall–Kier alpha value is -1.06. The van der Waals surface area contributed by atoms with Crippen molar-refractivity contribution in [3.8, 4) is 0 Å². The molecule has 1 aliphatic rings. The van der Waals surface area contributed by atoms with Gasteiger partial charge in [0.15, 0.2) is 0 Å². The molecule has 2 unspecified atom stereocenters. The molecule has 108 valence electrons. The van der Waals surface area contributed by atoms with Crippen molar-refractivity contribution in [2.45, 2.75) is 20.3 Å². The lowest BCUT2D eigenvalue weighted by atomic mass is 10.1. The number of halogens is 2. The summed E-state index contributed by atoms with van der Waals surface area (Å²) in [5.41, 5.74) is 0.771. The van der Waals surface area contributed by atoms with Gasteiger partial charge in [0.2, 0.25) is 0 Å². The van der Waals surface area contributed by atoms with Crippen LogP contribution in [0.5, 0.6) is 0 Å². The molecule has 0 N–H and O–H groups in total. The summed E-state index contributed by atoms with van der Waals surface area (Å²) < 4.78 is 5.52. The number of allylic oxidation sites excluding steroid dienone is 1. The van der Waals surface area contributed by atoms with Crippen molar-refractivity contribution >= 4 is 29.2 Å². The van der Waals surface area contributed by atoms with E-state index in [9.17, 15) is 4.79 Å². The molecule has 20 heavy (non-hydrogen) atoms. The highest BCUT2D eigenvalue weighted by atomic mass is 35.5.